The molecule has 0 radical (unpaired) electrons. The highest BCUT2D eigenvalue weighted by Crippen LogP contribution is 2.16. The Morgan fingerprint density at radius 3 is 2.00 bits per heavy atom. The van der Waals surface area contributed by atoms with Crippen molar-refractivity contribution in [3.8, 4) is 0 Å². The van der Waals surface area contributed by atoms with Crippen LogP contribution in [0.4, 0.5) is 0 Å². The van der Waals surface area contributed by atoms with E-state index in [1.807, 2.05) is 27.7 Å². The number of nitrogens with zero attached hydrogens (tertiary/aromatic N) is 1. The van der Waals surface area contributed by atoms with Gasteiger partial charge in [0.05, 0.1) is 5.60 Å². The number of β-amino-alcohol motifs (C(OH)–C–C–N with tert-alkyl or cyclic N) is 1. The van der Waals surface area contributed by atoms with Crippen LogP contribution in [0.5, 0.6) is 0 Å². The Hall–Kier alpha value is -0.0800. The first-order valence-corrected chi connectivity index (χ1v) is 4.92. The third-order valence-corrected chi connectivity index (χ3v) is 1.75. The minimum Gasteiger partial charge on any atom is -0.389 e. The molecule has 1 fully saturated rings. The van der Waals surface area contributed by atoms with Gasteiger partial charge >= 0.3 is 0 Å². The molecular weight excluding hydrogens is 150 g/mol. The first-order valence-electron chi connectivity index (χ1n) is 4.92. The molecule has 0 aromatic heterocycles. The van der Waals surface area contributed by atoms with Crippen LogP contribution in [0, 0.1) is 5.92 Å². The molecule has 0 saturated carbocycles. The Kier molecular flexibility index (Phi) is 4.80. The molecule has 74 valence electrons. The molecular formula is C10H23NO. The summed E-state index contributed by atoms with van der Waals surface area (Å²) in [5.74, 6) is 0.836. The second-order valence-corrected chi connectivity index (χ2v) is 4.11. The van der Waals surface area contributed by atoms with Crippen LogP contribution in [0.25, 0.3) is 0 Å². The lowest BCUT2D eigenvalue weighted by molar-refractivity contribution is -0.00351. The first-order chi connectivity index (χ1) is 5.47. The van der Waals surface area contributed by atoms with Crippen LogP contribution in [0.15, 0.2) is 0 Å². The second-order valence-electron chi connectivity index (χ2n) is 4.11. The predicted molar refractivity (Wildman–Crippen MR) is 53.2 cm³/mol. The lowest BCUT2D eigenvalue weighted by Crippen LogP contribution is -2.50. The molecule has 1 heterocycles. The van der Waals surface area contributed by atoms with Crippen LogP contribution in [0.3, 0.4) is 0 Å². The monoisotopic (exact) mass is 173 g/mol. The minimum absolute atomic E-state index is 0.514. The highest BCUT2D eigenvalue weighted by Gasteiger charge is 2.26. The highest BCUT2D eigenvalue weighted by molar-refractivity contribution is 4.81. The molecule has 0 bridgehead atoms. The van der Waals surface area contributed by atoms with Crippen molar-refractivity contribution in [3.63, 3.8) is 0 Å². The van der Waals surface area contributed by atoms with E-state index in [4.69, 9.17) is 0 Å². The van der Waals surface area contributed by atoms with Crippen molar-refractivity contribution < 1.29 is 5.11 Å². The van der Waals surface area contributed by atoms with Crippen LogP contribution in [0.1, 0.15) is 34.6 Å². The van der Waals surface area contributed by atoms with Crippen LogP contribution in [0.2, 0.25) is 0 Å². The summed E-state index contributed by atoms with van der Waals surface area (Å²) in [5, 5.41) is 9.40. The van der Waals surface area contributed by atoms with E-state index in [1.54, 1.807) is 0 Å². The Morgan fingerprint density at radius 1 is 1.33 bits per heavy atom. The SMILES string of the molecule is CC.CC1CN(CC(C)(C)O)C1. The number of rotatable bonds is 2. The Balaban J connectivity index is 0.000000561. The summed E-state index contributed by atoms with van der Waals surface area (Å²) in [6.07, 6.45) is 0. The average molecular weight is 173 g/mol. The number of hydrogen-bond donors (Lipinski definition) is 1. The summed E-state index contributed by atoms with van der Waals surface area (Å²) in [6, 6.07) is 0. The van der Waals surface area contributed by atoms with Crippen molar-refractivity contribution in [3.05, 3.63) is 0 Å². The molecule has 0 aromatic carbocycles. The molecule has 0 unspecified atom stereocenters. The van der Waals surface area contributed by atoms with Crippen molar-refractivity contribution in [2.24, 2.45) is 5.92 Å². The number of hydrogen-bond acceptors (Lipinski definition) is 2. The Bertz CT molecular complexity index is 111. The minimum atomic E-state index is -0.514. The van der Waals surface area contributed by atoms with Crippen molar-refractivity contribution in [2.45, 2.75) is 40.2 Å². The second kappa shape index (κ2) is 4.83. The normalized spacial score (nSPS) is 19.5. The van der Waals surface area contributed by atoms with Crippen molar-refractivity contribution in [2.75, 3.05) is 19.6 Å². The van der Waals surface area contributed by atoms with Gasteiger partial charge in [0.25, 0.3) is 0 Å². The molecule has 0 atom stereocenters. The summed E-state index contributed by atoms with van der Waals surface area (Å²) in [7, 11) is 0. The van der Waals surface area contributed by atoms with Gasteiger partial charge in [0, 0.05) is 19.6 Å². The number of likely N-dealkylation sites (tertiary alicyclic amines) is 1. The van der Waals surface area contributed by atoms with Crippen molar-refractivity contribution in [1.82, 2.24) is 4.90 Å². The first kappa shape index (κ1) is 11.9. The zero-order valence-corrected chi connectivity index (χ0v) is 9.09. The van der Waals surface area contributed by atoms with Crippen LogP contribution in [-0.2, 0) is 0 Å². The van der Waals surface area contributed by atoms with Gasteiger partial charge in [-0.2, -0.15) is 0 Å². The Morgan fingerprint density at radius 2 is 1.75 bits per heavy atom. The molecule has 1 aliphatic heterocycles. The van der Waals surface area contributed by atoms with E-state index in [0.29, 0.717) is 0 Å². The maximum absolute atomic E-state index is 9.40. The van der Waals surface area contributed by atoms with Gasteiger partial charge in [-0.1, -0.05) is 20.8 Å². The van der Waals surface area contributed by atoms with E-state index in [2.05, 4.69) is 11.8 Å². The molecule has 2 heteroatoms. The summed E-state index contributed by atoms with van der Waals surface area (Å²) >= 11 is 0. The maximum atomic E-state index is 9.40. The van der Waals surface area contributed by atoms with E-state index < -0.39 is 5.60 Å². The zero-order valence-electron chi connectivity index (χ0n) is 9.09. The van der Waals surface area contributed by atoms with Crippen molar-refractivity contribution in [1.29, 1.82) is 0 Å². The van der Waals surface area contributed by atoms with Gasteiger partial charge in [-0.05, 0) is 19.8 Å². The smallest absolute Gasteiger partial charge is 0.0718 e. The highest BCUT2D eigenvalue weighted by atomic mass is 16.3. The van der Waals surface area contributed by atoms with Gasteiger partial charge in [-0.3, -0.25) is 4.90 Å². The zero-order chi connectivity index (χ0) is 9.78. The molecule has 0 spiro atoms. The average Bonchev–Trinajstić information content (AvgIpc) is 1.86. The molecule has 0 amide bonds. The van der Waals surface area contributed by atoms with E-state index in [9.17, 15) is 5.11 Å². The topological polar surface area (TPSA) is 23.5 Å². The Labute approximate surface area is 76.6 Å². The third kappa shape index (κ3) is 4.73. The molecule has 0 aromatic rings. The van der Waals surface area contributed by atoms with Crippen LogP contribution in [-0.4, -0.2) is 35.2 Å². The molecule has 2 nitrogen and oxygen atoms in total. The lowest BCUT2D eigenvalue weighted by atomic mass is 10.00. The molecule has 1 aliphatic rings. The van der Waals surface area contributed by atoms with Gasteiger partial charge in [0.15, 0.2) is 0 Å². The van der Waals surface area contributed by atoms with Gasteiger partial charge < -0.3 is 5.11 Å². The largest absolute Gasteiger partial charge is 0.389 e. The lowest BCUT2D eigenvalue weighted by Gasteiger charge is -2.40. The van der Waals surface area contributed by atoms with E-state index >= 15 is 0 Å². The standard InChI is InChI=1S/C8H17NO.C2H6/c1-7-4-9(5-7)6-8(2,3)10;1-2/h7,10H,4-6H2,1-3H3;1-2H3. The van der Waals surface area contributed by atoms with Gasteiger partial charge in [0.1, 0.15) is 0 Å². The van der Waals surface area contributed by atoms with E-state index in [0.717, 1.165) is 25.6 Å². The summed E-state index contributed by atoms with van der Waals surface area (Å²) in [5.41, 5.74) is -0.514. The van der Waals surface area contributed by atoms with Crippen LogP contribution >= 0.6 is 0 Å². The molecule has 1 N–H and O–H groups in total. The number of aliphatic hydroxyl groups is 1. The van der Waals surface area contributed by atoms with Gasteiger partial charge in [-0.15, -0.1) is 0 Å². The quantitative estimate of drug-likeness (QED) is 0.687. The summed E-state index contributed by atoms with van der Waals surface area (Å²) in [6.45, 7) is 13.1. The van der Waals surface area contributed by atoms with Gasteiger partial charge in [0.2, 0.25) is 0 Å². The van der Waals surface area contributed by atoms with E-state index in [1.165, 1.54) is 0 Å². The third-order valence-electron chi connectivity index (χ3n) is 1.75. The van der Waals surface area contributed by atoms with Crippen molar-refractivity contribution >= 4 is 0 Å². The van der Waals surface area contributed by atoms with Crippen LogP contribution < -0.4 is 0 Å². The summed E-state index contributed by atoms with van der Waals surface area (Å²) in [4.78, 5) is 2.28. The molecule has 0 aliphatic carbocycles. The fourth-order valence-electron chi connectivity index (χ4n) is 1.50. The maximum Gasteiger partial charge on any atom is 0.0718 e. The summed E-state index contributed by atoms with van der Waals surface area (Å²) < 4.78 is 0. The van der Waals surface area contributed by atoms with Gasteiger partial charge in [-0.25, -0.2) is 0 Å². The fraction of sp³-hybridized carbons (Fsp3) is 1.00. The molecule has 12 heavy (non-hydrogen) atoms. The van der Waals surface area contributed by atoms with E-state index in [-0.39, 0.29) is 0 Å². The predicted octanol–water partition coefficient (Wildman–Crippen LogP) is 1.74. The molecule has 1 saturated heterocycles. The molecule has 1 rings (SSSR count). The fourth-order valence-corrected chi connectivity index (χ4v) is 1.50.